The van der Waals surface area contributed by atoms with E-state index in [1.807, 2.05) is 18.2 Å². The van der Waals surface area contributed by atoms with E-state index in [1.165, 1.54) is 0 Å². The SMILES string of the molecule is Cn1c(=O)[nH]c2ccc(-c3cnccn3)cc21. The smallest absolute Gasteiger partial charge is 0.306 e. The average Bonchev–Trinajstić information content (AvgIpc) is 2.66. The van der Waals surface area contributed by atoms with Gasteiger partial charge in [0.1, 0.15) is 0 Å². The standard InChI is InChI=1S/C12H10N4O/c1-16-11-6-8(10-7-13-4-5-14-10)2-3-9(11)15-12(16)17/h2-7H,1H3,(H,15,17). The Morgan fingerprint density at radius 2 is 2.18 bits per heavy atom. The van der Waals surface area contributed by atoms with Gasteiger partial charge >= 0.3 is 5.69 Å². The highest BCUT2D eigenvalue weighted by Crippen LogP contribution is 2.20. The minimum atomic E-state index is -0.115. The fourth-order valence-electron chi connectivity index (χ4n) is 1.83. The predicted molar refractivity (Wildman–Crippen MR) is 64.6 cm³/mol. The van der Waals surface area contributed by atoms with Crippen LogP contribution in [0.1, 0.15) is 0 Å². The second kappa shape index (κ2) is 3.55. The van der Waals surface area contributed by atoms with Crippen molar-refractivity contribution in [2.75, 3.05) is 0 Å². The summed E-state index contributed by atoms with van der Waals surface area (Å²) in [5.74, 6) is 0. The third-order valence-electron chi connectivity index (χ3n) is 2.76. The van der Waals surface area contributed by atoms with Crippen molar-refractivity contribution in [3.8, 4) is 11.3 Å². The summed E-state index contributed by atoms with van der Waals surface area (Å²) >= 11 is 0. The maximum atomic E-state index is 11.5. The highest BCUT2D eigenvalue weighted by molar-refractivity contribution is 5.81. The van der Waals surface area contributed by atoms with Crippen LogP contribution < -0.4 is 5.69 Å². The fraction of sp³-hybridized carbons (Fsp3) is 0.0833. The first-order valence-corrected chi connectivity index (χ1v) is 5.21. The molecule has 2 aromatic heterocycles. The van der Waals surface area contributed by atoms with E-state index in [4.69, 9.17) is 0 Å². The van der Waals surface area contributed by atoms with Gasteiger partial charge in [-0.05, 0) is 12.1 Å². The summed E-state index contributed by atoms with van der Waals surface area (Å²) in [5, 5.41) is 0. The van der Waals surface area contributed by atoms with E-state index in [9.17, 15) is 4.79 Å². The molecule has 0 radical (unpaired) electrons. The van der Waals surface area contributed by atoms with E-state index in [2.05, 4.69) is 15.0 Å². The highest BCUT2D eigenvalue weighted by Gasteiger charge is 2.05. The first-order valence-electron chi connectivity index (χ1n) is 5.21. The molecule has 17 heavy (non-hydrogen) atoms. The molecule has 0 amide bonds. The monoisotopic (exact) mass is 226 g/mol. The van der Waals surface area contributed by atoms with Crippen molar-refractivity contribution < 1.29 is 0 Å². The molecular formula is C12H10N4O. The number of benzene rings is 1. The van der Waals surface area contributed by atoms with Crippen LogP contribution in [0.15, 0.2) is 41.6 Å². The summed E-state index contributed by atoms with van der Waals surface area (Å²) in [7, 11) is 1.74. The minimum Gasteiger partial charge on any atom is -0.306 e. The Hall–Kier alpha value is -2.43. The molecule has 0 aliphatic carbocycles. The largest absolute Gasteiger partial charge is 0.326 e. The summed E-state index contributed by atoms with van der Waals surface area (Å²) in [4.78, 5) is 22.5. The Bertz CT molecular complexity index is 727. The topological polar surface area (TPSA) is 63.6 Å². The molecule has 0 saturated heterocycles. The van der Waals surface area contributed by atoms with Crippen molar-refractivity contribution in [3.63, 3.8) is 0 Å². The lowest BCUT2D eigenvalue weighted by Gasteiger charge is -2.00. The molecule has 0 unspecified atom stereocenters. The highest BCUT2D eigenvalue weighted by atomic mass is 16.1. The van der Waals surface area contributed by atoms with Gasteiger partial charge in [0.15, 0.2) is 0 Å². The quantitative estimate of drug-likeness (QED) is 0.680. The first-order chi connectivity index (χ1) is 8.25. The number of aromatic amines is 1. The number of imidazole rings is 1. The van der Waals surface area contributed by atoms with Crippen molar-refractivity contribution in [2.45, 2.75) is 0 Å². The van der Waals surface area contributed by atoms with Gasteiger partial charge in [-0.1, -0.05) is 6.07 Å². The number of H-pyrrole nitrogens is 1. The normalized spacial score (nSPS) is 10.9. The van der Waals surface area contributed by atoms with E-state index in [-0.39, 0.29) is 5.69 Å². The molecule has 0 saturated carbocycles. The van der Waals surface area contributed by atoms with Gasteiger partial charge in [-0.15, -0.1) is 0 Å². The van der Waals surface area contributed by atoms with E-state index < -0.39 is 0 Å². The molecule has 0 spiro atoms. The Morgan fingerprint density at radius 3 is 2.94 bits per heavy atom. The fourth-order valence-corrected chi connectivity index (χ4v) is 1.83. The Morgan fingerprint density at radius 1 is 1.29 bits per heavy atom. The molecule has 0 atom stereocenters. The Labute approximate surface area is 96.8 Å². The van der Waals surface area contributed by atoms with Crippen LogP contribution >= 0.6 is 0 Å². The summed E-state index contributed by atoms with van der Waals surface area (Å²) in [6.45, 7) is 0. The van der Waals surface area contributed by atoms with Crippen LogP contribution in [0.5, 0.6) is 0 Å². The molecule has 3 aromatic rings. The number of aryl methyl sites for hydroxylation is 1. The van der Waals surface area contributed by atoms with Crippen LogP contribution in [-0.2, 0) is 7.05 Å². The summed E-state index contributed by atoms with van der Waals surface area (Å²) < 4.78 is 1.58. The summed E-state index contributed by atoms with van der Waals surface area (Å²) in [5.41, 5.74) is 3.31. The molecule has 1 aromatic carbocycles. The van der Waals surface area contributed by atoms with Gasteiger partial charge in [-0.25, -0.2) is 4.79 Å². The number of rotatable bonds is 1. The second-order valence-corrected chi connectivity index (χ2v) is 3.81. The zero-order chi connectivity index (χ0) is 11.8. The summed E-state index contributed by atoms with van der Waals surface area (Å²) in [6, 6.07) is 5.72. The van der Waals surface area contributed by atoms with Gasteiger partial charge < -0.3 is 4.98 Å². The molecular weight excluding hydrogens is 216 g/mol. The van der Waals surface area contributed by atoms with Crippen LogP contribution in [0.3, 0.4) is 0 Å². The van der Waals surface area contributed by atoms with Crippen molar-refractivity contribution in [1.29, 1.82) is 0 Å². The molecule has 1 N–H and O–H groups in total. The van der Waals surface area contributed by atoms with E-state index in [0.29, 0.717) is 0 Å². The molecule has 0 aliphatic heterocycles. The lowest BCUT2D eigenvalue weighted by molar-refractivity contribution is 0.891. The van der Waals surface area contributed by atoms with Gasteiger partial charge in [-0.3, -0.25) is 14.5 Å². The van der Waals surface area contributed by atoms with Crippen molar-refractivity contribution in [1.82, 2.24) is 19.5 Å². The summed E-state index contributed by atoms with van der Waals surface area (Å²) in [6.07, 6.45) is 4.98. The molecule has 2 heterocycles. The molecule has 3 rings (SSSR count). The maximum absolute atomic E-state index is 11.5. The molecule has 5 heteroatoms. The van der Waals surface area contributed by atoms with E-state index >= 15 is 0 Å². The van der Waals surface area contributed by atoms with Crippen LogP contribution in [-0.4, -0.2) is 19.5 Å². The van der Waals surface area contributed by atoms with Crippen molar-refractivity contribution >= 4 is 11.0 Å². The van der Waals surface area contributed by atoms with Crippen molar-refractivity contribution in [2.24, 2.45) is 7.05 Å². The number of hydrogen-bond donors (Lipinski definition) is 1. The molecule has 0 bridgehead atoms. The molecule has 84 valence electrons. The van der Waals surface area contributed by atoms with Gasteiger partial charge in [0.05, 0.1) is 22.9 Å². The second-order valence-electron chi connectivity index (χ2n) is 3.81. The van der Waals surface area contributed by atoms with Crippen LogP contribution in [0.25, 0.3) is 22.3 Å². The third kappa shape index (κ3) is 1.52. The molecule has 0 fully saturated rings. The van der Waals surface area contributed by atoms with Gasteiger partial charge in [0.2, 0.25) is 0 Å². The van der Waals surface area contributed by atoms with Gasteiger partial charge in [0, 0.05) is 25.0 Å². The molecule has 0 aliphatic rings. The number of hydrogen-bond acceptors (Lipinski definition) is 3. The van der Waals surface area contributed by atoms with Crippen LogP contribution in [0, 0.1) is 0 Å². The van der Waals surface area contributed by atoms with Crippen molar-refractivity contribution in [3.05, 3.63) is 47.3 Å². The van der Waals surface area contributed by atoms with Crippen LogP contribution in [0.4, 0.5) is 0 Å². The predicted octanol–water partition coefficient (Wildman–Crippen LogP) is 1.32. The average molecular weight is 226 g/mol. The van der Waals surface area contributed by atoms with Gasteiger partial charge in [0.25, 0.3) is 0 Å². The van der Waals surface area contributed by atoms with E-state index in [1.54, 1.807) is 30.2 Å². The van der Waals surface area contributed by atoms with Gasteiger partial charge in [-0.2, -0.15) is 0 Å². The number of nitrogens with zero attached hydrogens (tertiary/aromatic N) is 3. The third-order valence-corrected chi connectivity index (χ3v) is 2.76. The van der Waals surface area contributed by atoms with Crippen LogP contribution in [0.2, 0.25) is 0 Å². The number of fused-ring (bicyclic) bond motifs is 1. The first kappa shape index (κ1) is 9.77. The Kier molecular flexibility index (Phi) is 2.04. The van der Waals surface area contributed by atoms with E-state index in [0.717, 1.165) is 22.3 Å². The zero-order valence-electron chi connectivity index (χ0n) is 9.21. The lowest BCUT2D eigenvalue weighted by Crippen LogP contribution is -2.11. The Balaban J connectivity index is 2.27. The maximum Gasteiger partial charge on any atom is 0.326 e. The number of nitrogens with one attached hydrogen (secondary N) is 1. The lowest BCUT2D eigenvalue weighted by atomic mass is 10.1. The zero-order valence-corrected chi connectivity index (χ0v) is 9.21. The minimum absolute atomic E-state index is 0.115. The number of aromatic nitrogens is 4. The molecule has 5 nitrogen and oxygen atoms in total.